The minimum atomic E-state index is 0.338. The molecule has 0 radical (unpaired) electrons. The molecule has 1 aliphatic rings. The number of hydrogen-bond acceptors (Lipinski definition) is 4. The molecule has 2 aromatic rings. The number of pyridine rings is 1. The first kappa shape index (κ1) is 13.4. The lowest BCUT2D eigenvalue weighted by Gasteiger charge is -2.24. The number of piperidine rings is 1. The van der Waals surface area contributed by atoms with Crippen molar-refractivity contribution in [2.45, 2.75) is 45.2 Å². The van der Waals surface area contributed by atoms with Gasteiger partial charge in [-0.1, -0.05) is 6.42 Å². The summed E-state index contributed by atoms with van der Waals surface area (Å²) in [7, 11) is 0. The Morgan fingerprint density at radius 3 is 3.05 bits per heavy atom. The van der Waals surface area contributed by atoms with E-state index in [1.807, 2.05) is 17.1 Å². The smallest absolute Gasteiger partial charge is 0.158 e. The fraction of sp³-hybridized carbons (Fsp3) is 0.600. The largest absolute Gasteiger partial charge is 0.382 e. The molecule has 3 rings (SSSR count). The van der Waals surface area contributed by atoms with E-state index in [-0.39, 0.29) is 0 Å². The van der Waals surface area contributed by atoms with Gasteiger partial charge in [0, 0.05) is 24.0 Å². The Labute approximate surface area is 119 Å². The minimum Gasteiger partial charge on any atom is -0.382 e. The summed E-state index contributed by atoms with van der Waals surface area (Å²) >= 11 is 0. The van der Waals surface area contributed by atoms with Crippen molar-refractivity contribution in [2.75, 3.05) is 18.4 Å². The van der Waals surface area contributed by atoms with Crippen LogP contribution in [0.3, 0.4) is 0 Å². The van der Waals surface area contributed by atoms with Gasteiger partial charge < -0.3 is 10.6 Å². The maximum Gasteiger partial charge on any atom is 0.158 e. The molecule has 5 heteroatoms. The van der Waals surface area contributed by atoms with Crippen LogP contribution in [0, 0.1) is 0 Å². The highest BCUT2D eigenvalue weighted by molar-refractivity contribution is 5.78. The van der Waals surface area contributed by atoms with Gasteiger partial charge in [-0.2, -0.15) is 5.10 Å². The molecule has 20 heavy (non-hydrogen) atoms. The molecule has 2 N–H and O–H groups in total. The molecule has 1 saturated heterocycles. The lowest BCUT2D eigenvalue weighted by molar-refractivity contribution is 0.414. The van der Waals surface area contributed by atoms with Crippen molar-refractivity contribution in [1.29, 1.82) is 0 Å². The van der Waals surface area contributed by atoms with Gasteiger partial charge in [0.2, 0.25) is 0 Å². The number of aromatic nitrogens is 3. The zero-order chi connectivity index (χ0) is 13.9. The maximum atomic E-state index is 4.54. The molecule has 0 spiro atoms. The topological polar surface area (TPSA) is 54.8 Å². The molecular formula is C15H23N5. The van der Waals surface area contributed by atoms with E-state index in [9.17, 15) is 0 Å². The Hall–Kier alpha value is -1.62. The zero-order valence-electron chi connectivity index (χ0n) is 12.3. The fourth-order valence-corrected chi connectivity index (χ4v) is 2.75. The molecule has 2 aromatic heterocycles. The standard InChI is InChI=1S/C15H23N5/c1-11(2)20-15-12(8-19-20)7-14(10-18-15)17-9-13-5-3-4-6-16-13/h7-8,10-11,13,16-17H,3-6,9H2,1-2H3. The average molecular weight is 273 g/mol. The number of fused-ring (bicyclic) bond motifs is 1. The van der Waals surface area contributed by atoms with E-state index in [4.69, 9.17) is 0 Å². The number of hydrogen-bond donors (Lipinski definition) is 2. The van der Waals surface area contributed by atoms with Crippen LogP contribution in [0.15, 0.2) is 18.5 Å². The van der Waals surface area contributed by atoms with Gasteiger partial charge in [0.25, 0.3) is 0 Å². The van der Waals surface area contributed by atoms with Gasteiger partial charge in [0.05, 0.1) is 18.1 Å². The quantitative estimate of drug-likeness (QED) is 0.899. The molecule has 108 valence electrons. The Morgan fingerprint density at radius 1 is 1.40 bits per heavy atom. The summed E-state index contributed by atoms with van der Waals surface area (Å²) in [6, 6.07) is 3.06. The molecule has 5 nitrogen and oxygen atoms in total. The Kier molecular flexibility index (Phi) is 3.87. The first-order valence-corrected chi connectivity index (χ1v) is 7.54. The summed E-state index contributed by atoms with van der Waals surface area (Å²) in [6.07, 6.45) is 7.70. The van der Waals surface area contributed by atoms with Crippen molar-refractivity contribution in [3.8, 4) is 0 Å². The van der Waals surface area contributed by atoms with E-state index in [1.165, 1.54) is 19.3 Å². The van der Waals surface area contributed by atoms with Crippen molar-refractivity contribution in [2.24, 2.45) is 0 Å². The second-order valence-corrected chi connectivity index (χ2v) is 5.85. The Bertz CT molecular complexity index is 569. The zero-order valence-corrected chi connectivity index (χ0v) is 12.3. The van der Waals surface area contributed by atoms with Crippen LogP contribution >= 0.6 is 0 Å². The molecule has 1 atom stereocenters. The third-order valence-corrected chi connectivity index (χ3v) is 3.89. The highest BCUT2D eigenvalue weighted by Gasteiger charge is 2.12. The van der Waals surface area contributed by atoms with E-state index in [2.05, 4.69) is 40.6 Å². The van der Waals surface area contributed by atoms with Crippen LogP contribution in [0.4, 0.5) is 5.69 Å². The molecule has 0 saturated carbocycles. The van der Waals surface area contributed by atoms with Crippen LogP contribution in [-0.2, 0) is 0 Å². The molecule has 1 unspecified atom stereocenters. The predicted molar refractivity (Wildman–Crippen MR) is 82.0 cm³/mol. The van der Waals surface area contributed by atoms with Gasteiger partial charge in [-0.05, 0) is 39.3 Å². The van der Waals surface area contributed by atoms with Crippen LogP contribution in [0.5, 0.6) is 0 Å². The van der Waals surface area contributed by atoms with Gasteiger partial charge in [-0.25, -0.2) is 9.67 Å². The van der Waals surface area contributed by atoms with Crippen LogP contribution in [0.2, 0.25) is 0 Å². The fourth-order valence-electron chi connectivity index (χ4n) is 2.75. The van der Waals surface area contributed by atoms with E-state index in [1.54, 1.807) is 0 Å². The van der Waals surface area contributed by atoms with Gasteiger partial charge >= 0.3 is 0 Å². The highest BCUT2D eigenvalue weighted by atomic mass is 15.3. The van der Waals surface area contributed by atoms with E-state index >= 15 is 0 Å². The number of nitrogens with zero attached hydrogens (tertiary/aromatic N) is 3. The number of rotatable bonds is 4. The lowest BCUT2D eigenvalue weighted by atomic mass is 10.1. The monoisotopic (exact) mass is 273 g/mol. The van der Waals surface area contributed by atoms with Crippen LogP contribution in [0.1, 0.15) is 39.2 Å². The molecule has 0 aliphatic carbocycles. The molecule has 1 fully saturated rings. The van der Waals surface area contributed by atoms with E-state index in [0.29, 0.717) is 12.1 Å². The van der Waals surface area contributed by atoms with Crippen molar-refractivity contribution in [3.05, 3.63) is 18.5 Å². The summed E-state index contributed by atoms with van der Waals surface area (Å²) in [5.74, 6) is 0. The minimum absolute atomic E-state index is 0.338. The first-order valence-electron chi connectivity index (χ1n) is 7.54. The molecule has 0 aromatic carbocycles. The van der Waals surface area contributed by atoms with E-state index < -0.39 is 0 Å². The van der Waals surface area contributed by atoms with Gasteiger partial charge in [-0.15, -0.1) is 0 Å². The SMILES string of the molecule is CC(C)n1ncc2cc(NCC3CCCCN3)cnc21. The Morgan fingerprint density at radius 2 is 2.30 bits per heavy atom. The molecule has 1 aliphatic heterocycles. The van der Waals surface area contributed by atoms with Crippen molar-refractivity contribution in [3.63, 3.8) is 0 Å². The second kappa shape index (κ2) is 5.79. The highest BCUT2D eigenvalue weighted by Crippen LogP contribution is 2.19. The molecule has 0 amide bonds. The van der Waals surface area contributed by atoms with Crippen LogP contribution in [0.25, 0.3) is 11.0 Å². The molecule has 0 bridgehead atoms. The maximum absolute atomic E-state index is 4.54. The second-order valence-electron chi connectivity index (χ2n) is 5.85. The predicted octanol–water partition coefficient (Wildman–Crippen LogP) is 2.57. The lowest BCUT2D eigenvalue weighted by Crippen LogP contribution is -2.39. The number of anilines is 1. The third kappa shape index (κ3) is 2.77. The van der Waals surface area contributed by atoms with Gasteiger partial charge in [0.1, 0.15) is 0 Å². The van der Waals surface area contributed by atoms with Gasteiger partial charge in [0.15, 0.2) is 5.65 Å². The van der Waals surface area contributed by atoms with Crippen molar-refractivity contribution < 1.29 is 0 Å². The van der Waals surface area contributed by atoms with Crippen LogP contribution in [-0.4, -0.2) is 33.9 Å². The van der Waals surface area contributed by atoms with E-state index in [0.717, 1.165) is 29.8 Å². The number of nitrogens with one attached hydrogen (secondary N) is 2. The first-order chi connectivity index (χ1) is 9.74. The average Bonchev–Trinajstić information content (AvgIpc) is 2.89. The Balaban J connectivity index is 1.69. The summed E-state index contributed by atoms with van der Waals surface area (Å²) in [5.41, 5.74) is 2.04. The normalized spacial score (nSPS) is 19.6. The third-order valence-electron chi connectivity index (χ3n) is 3.89. The molecule has 3 heterocycles. The summed E-state index contributed by atoms with van der Waals surface area (Å²) in [6.45, 7) is 6.35. The summed E-state index contributed by atoms with van der Waals surface area (Å²) < 4.78 is 1.96. The van der Waals surface area contributed by atoms with Crippen molar-refractivity contribution in [1.82, 2.24) is 20.1 Å². The molecular weight excluding hydrogens is 250 g/mol. The van der Waals surface area contributed by atoms with Crippen LogP contribution < -0.4 is 10.6 Å². The summed E-state index contributed by atoms with van der Waals surface area (Å²) in [4.78, 5) is 4.54. The summed E-state index contributed by atoms with van der Waals surface area (Å²) in [5, 5.41) is 12.5. The van der Waals surface area contributed by atoms with Gasteiger partial charge in [-0.3, -0.25) is 0 Å². The van der Waals surface area contributed by atoms with Crippen molar-refractivity contribution >= 4 is 16.7 Å².